The summed E-state index contributed by atoms with van der Waals surface area (Å²) in [5.74, 6) is 0.755. The molecule has 2 saturated heterocycles. The second-order valence-electron chi connectivity index (χ2n) is 3.79. The Kier molecular flexibility index (Phi) is 2.35. The highest BCUT2D eigenvalue weighted by Crippen LogP contribution is 2.32. The molecule has 0 atom stereocenters. The van der Waals surface area contributed by atoms with Crippen LogP contribution in [0.1, 0.15) is 12.8 Å². The molecule has 0 saturated carbocycles. The Morgan fingerprint density at radius 3 is 2.25 bits per heavy atom. The summed E-state index contributed by atoms with van der Waals surface area (Å²) in [5, 5.41) is 3.40. The van der Waals surface area contributed by atoms with Crippen molar-refractivity contribution in [2.75, 3.05) is 33.5 Å². The predicted molar refractivity (Wildman–Crippen MR) is 46.2 cm³/mol. The van der Waals surface area contributed by atoms with Crippen molar-refractivity contribution in [3.8, 4) is 0 Å². The van der Waals surface area contributed by atoms with Crippen LogP contribution in [0.25, 0.3) is 0 Å². The molecule has 0 aromatic rings. The lowest BCUT2D eigenvalue weighted by Crippen LogP contribution is -2.64. The summed E-state index contributed by atoms with van der Waals surface area (Å²) in [4.78, 5) is 0. The minimum Gasteiger partial charge on any atom is -0.381 e. The minimum absolute atomic E-state index is 0.282. The van der Waals surface area contributed by atoms with E-state index in [9.17, 15) is 0 Å². The van der Waals surface area contributed by atoms with Crippen molar-refractivity contribution >= 4 is 0 Å². The van der Waals surface area contributed by atoms with Gasteiger partial charge in [0.2, 0.25) is 0 Å². The fourth-order valence-corrected chi connectivity index (χ4v) is 2.16. The number of ether oxygens (including phenoxy) is 2. The molecule has 2 rings (SSSR count). The van der Waals surface area contributed by atoms with Gasteiger partial charge in [0, 0.05) is 13.2 Å². The van der Waals surface area contributed by atoms with Crippen LogP contribution < -0.4 is 5.32 Å². The van der Waals surface area contributed by atoms with Crippen molar-refractivity contribution in [3.63, 3.8) is 0 Å². The van der Waals surface area contributed by atoms with Crippen molar-refractivity contribution in [1.82, 2.24) is 5.32 Å². The van der Waals surface area contributed by atoms with E-state index in [0.717, 1.165) is 32.3 Å². The maximum absolute atomic E-state index is 5.34. The molecule has 2 aliphatic heterocycles. The van der Waals surface area contributed by atoms with Crippen LogP contribution in [0.2, 0.25) is 0 Å². The molecule has 0 aromatic heterocycles. The lowest BCUT2D eigenvalue weighted by Gasteiger charge is -2.48. The average Bonchev–Trinajstić information content (AvgIpc) is 2.05. The quantitative estimate of drug-likeness (QED) is 0.652. The van der Waals surface area contributed by atoms with Gasteiger partial charge in [-0.25, -0.2) is 0 Å². The van der Waals surface area contributed by atoms with Gasteiger partial charge >= 0.3 is 0 Å². The van der Waals surface area contributed by atoms with Crippen LogP contribution in [-0.4, -0.2) is 39.0 Å². The largest absolute Gasteiger partial charge is 0.381 e. The molecule has 2 fully saturated rings. The van der Waals surface area contributed by atoms with Gasteiger partial charge in [0.15, 0.2) is 0 Å². The highest BCUT2D eigenvalue weighted by atomic mass is 16.5. The molecule has 1 N–H and O–H groups in total. The molecule has 0 amide bonds. The Labute approximate surface area is 73.4 Å². The van der Waals surface area contributed by atoms with Gasteiger partial charge in [-0.15, -0.1) is 0 Å². The number of hydrogen-bond acceptors (Lipinski definition) is 3. The van der Waals surface area contributed by atoms with Gasteiger partial charge in [0.1, 0.15) is 0 Å². The molecule has 3 heteroatoms. The third-order valence-electron chi connectivity index (χ3n) is 3.22. The zero-order valence-corrected chi connectivity index (χ0v) is 7.64. The molecule has 70 valence electrons. The molecular weight excluding hydrogens is 154 g/mol. The summed E-state index contributed by atoms with van der Waals surface area (Å²) in [7, 11) is 2.04. The van der Waals surface area contributed by atoms with E-state index < -0.39 is 0 Å². The molecule has 2 aliphatic rings. The van der Waals surface area contributed by atoms with E-state index in [1.165, 1.54) is 12.8 Å². The van der Waals surface area contributed by atoms with Gasteiger partial charge in [-0.3, -0.25) is 0 Å². The Bertz CT molecular complexity index is 145. The van der Waals surface area contributed by atoms with Crippen molar-refractivity contribution in [2.24, 2.45) is 5.92 Å². The topological polar surface area (TPSA) is 30.5 Å². The van der Waals surface area contributed by atoms with Crippen LogP contribution in [-0.2, 0) is 9.47 Å². The highest BCUT2D eigenvalue weighted by molar-refractivity contribution is 4.99. The monoisotopic (exact) mass is 171 g/mol. The highest BCUT2D eigenvalue weighted by Gasteiger charge is 2.44. The smallest absolute Gasteiger partial charge is 0.0681 e. The van der Waals surface area contributed by atoms with Crippen molar-refractivity contribution in [3.05, 3.63) is 0 Å². The average molecular weight is 171 g/mol. The first-order valence-electron chi connectivity index (χ1n) is 4.72. The molecule has 0 unspecified atom stereocenters. The fourth-order valence-electron chi connectivity index (χ4n) is 2.16. The van der Waals surface area contributed by atoms with Gasteiger partial charge in [0.25, 0.3) is 0 Å². The second kappa shape index (κ2) is 3.32. The van der Waals surface area contributed by atoms with Crippen LogP contribution >= 0.6 is 0 Å². The van der Waals surface area contributed by atoms with E-state index in [-0.39, 0.29) is 5.54 Å². The fraction of sp³-hybridized carbons (Fsp3) is 1.00. The summed E-state index contributed by atoms with van der Waals surface area (Å²) in [6, 6.07) is 0. The first kappa shape index (κ1) is 8.48. The molecule has 0 spiro atoms. The standard InChI is InChI=1S/C9H17NO2/c1-10-9(6-12-7-9)8-2-4-11-5-3-8/h8,10H,2-7H2,1H3. The summed E-state index contributed by atoms with van der Waals surface area (Å²) in [6.07, 6.45) is 2.37. The van der Waals surface area contributed by atoms with E-state index >= 15 is 0 Å². The molecule has 0 aliphatic carbocycles. The summed E-state index contributed by atoms with van der Waals surface area (Å²) in [6.45, 7) is 3.62. The van der Waals surface area contributed by atoms with Crippen LogP contribution in [0.3, 0.4) is 0 Å². The Balaban J connectivity index is 1.95. The second-order valence-corrected chi connectivity index (χ2v) is 3.79. The predicted octanol–water partition coefficient (Wildman–Crippen LogP) is 0.401. The molecular formula is C9H17NO2. The SMILES string of the molecule is CNC1(C2CCOCC2)COC1. The van der Waals surface area contributed by atoms with Crippen LogP contribution in [0, 0.1) is 5.92 Å². The van der Waals surface area contributed by atoms with Gasteiger partial charge in [-0.05, 0) is 25.8 Å². The van der Waals surface area contributed by atoms with Gasteiger partial charge in [0.05, 0.1) is 18.8 Å². The molecule has 12 heavy (non-hydrogen) atoms. The Hall–Kier alpha value is -0.120. The van der Waals surface area contributed by atoms with E-state index in [0.29, 0.717) is 0 Å². The summed E-state index contributed by atoms with van der Waals surface area (Å²) in [5.41, 5.74) is 0.282. The van der Waals surface area contributed by atoms with Gasteiger partial charge in [-0.1, -0.05) is 0 Å². The van der Waals surface area contributed by atoms with E-state index in [2.05, 4.69) is 5.32 Å². The number of likely N-dealkylation sites (N-methyl/N-ethyl adjacent to an activating group) is 1. The van der Waals surface area contributed by atoms with Gasteiger partial charge in [-0.2, -0.15) is 0 Å². The van der Waals surface area contributed by atoms with Crippen LogP contribution in [0.15, 0.2) is 0 Å². The van der Waals surface area contributed by atoms with Crippen molar-refractivity contribution in [2.45, 2.75) is 18.4 Å². The first-order chi connectivity index (χ1) is 5.87. The number of nitrogens with one attached hydrogen (secondary N) is 1. The zero-order chi connectivity index (χ0) is 8.44. The number of hydrogen-bond donors (Lipinski definition) is 1. The maximum Gasteiger partial charge on any atom is 0.0681 e. The lowest BCUT2D eigenvalue weighted by molar-refractivity contribution is -0.120. The number of rotatable bonds is 2. The van der Waals surface area contributed by atoms with Crippen molar-refractivity contribution < 1.29 is 9.47 Å². The normalized spacial score (nSPS) is 29.8. The van der Waals surface area contributed by atoms with E-state index in [1.807, 2.05) is 7.05 Å². The Morgan fingerprint density at radius 1 is 1.17 bits per heavy atom. The van der Waals surface area contributed by atoms with Crippen LogP contribution in [0.5, 0.6) is 0 Å². The third kappa shape index (κ3) is 1.26. The molecule has 0 radical (unpaired) electrons. The van der Waals surface area contributed by atoms with E-state index in [4.69, 9.17) is 9.47 Å². The third-order valence-corrected chi connectivity index (χ3v) is 3.22. The summed E-state index contributed by atoms with van der Waals surface area (Å²) < 4.78 is 10.6. The van der Waals surface area contributed by atoms with Crippen LogP contribution in [0.4, 0.5) is 0 Å². The summed E-state index contributed by atoms with van der Waals surface area (Å²) >= 11 is 0. The lowest BCUT2D eigenvalue weighted by atomic mass is 9.77. The van der Waals surface area contributed by atoms with E-state index in [1.54, 1.807) is 0 Å². The Morgan fingerprint density at radius 2 is 1.83 bits per heavy atom. The zero-order valence-electron chi connectivity index (χ0n) is 7.64. The molecule has 0 aromatic carbocycles. The molecule has 0 bridgehead atoms. The van der Waals surface area contributed by atoms with Crippen molar-refractivity contribution in [1.29, 1.82) is 0 Å². The molecule has 2 heterocycles. The molecule has 3 nitrogen and oxygen atoms in total. The van der Waals surface area contributed by atoms with Gasteiger partial charge < -0.3 is 14.8 Å². The first-order valence-corrected chi connectivity index (χ1v) is 4.72. The maximum atomic E-state index is 5.34. The minimum atomic E-state index is 0.282.